The molecule has 21 heavy (non-hydrogen) atoms. The zero-order chi connectivity index (χ0) is 16.0. The molecule has 0 saturated heterocycles. The fourth-order valence-electron chi connectivity index (χ4n) is 2.24. The van der Waals surface area contributed by atoms with Crippen molar-refractivity contribution < 1.29 is 9.53 Å². The molecular weight excluding hydrogens is 286 g/mol. The van der Waals surface area contributed by atoms with Crippen LogP contribution in [-0.4, -0.2) is 35.6 Å². The summed E-state index contributed by atoms with van der Waals surface area (Å²) in [5, 5.41) is 0. The van der Waals surface area contributed by atoms with Crippen LogP contribution in [0.1, 0.15) is 37.1 Å². The number of anilines is 1. The predicted octanol–water partition coefficient (Wildman–Crippen LogP) is 2.11. The molecule has 0 fully saturated rings. The molecule has 0 aromatic carbocycles. The minimum absolute atomic E-state index is 0.146. The summed E-state index contributed by atoms with van der Waals surface area (Å²) in [6.45, 7) is 8.88. The van der Waals surface area contributed by atoms with Crippen molar-refractivity contribution in [3.05, 3.63) is 22.9 Å². The van der Waals surface area contributed by atoms with Gasteiger partial charge in [-0.25, -0.2) is 4.98 Å². The molecule has 1 rings (SSSR count). The van der Waals surface area contributed by atoms with E-state index in [1.165, 1.54) is 0 Å². The number of carbonyl (C=O) groups excluding carboxylic acids is 1. The Hall–Kier alpha value is -1.69. The highest BCUT2D eigenvalue weighted by molar-refractivity contribution is 7.80. The van der Waals surface area contributed by atoms with Gasteiger partial charge in [-0.05, 0) is 38.8 Å². The molecule has 6 heteroatoms. The van der Waals surface area contributed by atoms with Gasteiger partial charge >= 0.3 is 5.97 Å². The number of aromatic nitrogens is 1. The summed E-state index contributed by atoms with van der Waals surface area (Å²) >= 11 is 5.14. The van der Waals surface area contributed by atoms with Crippen LogP contribution in [0, 0.1) is 13.8 Å². The molecule has 0 aliphatic carbocycles. The zero-order valence-corrected chi connectivity index (χ0v) is 13.9. The summed E-state index contributed by atoms with van der Waals surface area (Å²) in [5.41, 5.74) is 8.40. The van der Waals surface area contributed by atoms with E-state index in [-0.39, 0.29) is 12.5 Å². The molecule has 1 heterocycles. The van der Waals surface area contributed by atoms with E-state index in [2.05, 4.69) is 4.98 Å². The topological polar surface area (TPSA) is 68.5 Å². The van der Waals surface area contributed by atoms with Crippen LogP contribution in [-0.2, 0) is 9.53 Å². The maximum absolute atomic E-state index is 11.8. The molecule has 116 valence electrons. The minimum atomic E-state index is -0.277. The summed E-state index contributed by atoms with van der Waals surface area (Å²) < 4.78 is 5.03. The van der Waals surface area contributed by atoms with E-state index < -0.39 is 0 Å². The smallest absolute Gasteiger partial charge is 0.325 e. The van der Waals surface area contributed by atoms with Crippen LogP contribution in [0.2, 0.25) is 0 Å². The third-order valence-corrected chi connectivity index (χ3v) is 3.19. The van der Waals surface area contributed by atoms with Crippen LogP contribution in [0.5, 0.6) is 0 Å². The van der Waals surface area contributed by atoms with Crippen LogP contribution >= 0.6 is 12.2 Å². The highest BCUT2D eigenvalue weighted by Crippen LogP contribution is 2.23. The molecule has 0 unspecified atom stereocenters. The Kier molecular flexibility index (Phi) is 6.55. The molecule has 0 aliphatic rings. The Balaban J connectivity index is 3.23. The molecule has 0 saturated carbocycles. The Labute approximate surface area is 131 Å². The Morgan fingerprint density at radius 2 is 2.10 bits per heavy atom. The van der Waals surface area contributed by atoms with Crippen LogP contribution in [0.3, 0.4) is 0 Å². The van der Waals surface area contributed by atoms with Crippen molar-refractivity contribution in [2.45, 2.75) is 34.1 Å². The van der Waals surface area contributed by atoms with Gasteiger partial charge in [0.1, 0.15) is 17.4 Å². The Morgan fingerprint density at radius 3 is 2.62 bits per heavy atom. The number of nitrogens with two attached hydrogens (primary N) is 1. The Morgan fingerprint density at radius 1 is 1.43 bits per heavy atom. The molecule has 1 aromatic heterocycles. The van der Waals surface area contributed by atoms with E-state index in [4.69, 9.17) is 22.7 Å². The monoisotopic (exact) mass is 309 g/mol. The number of aryl methyl sites for hydroxylation is 2. The molecular formula is C15H23N3O2S. The van der Waals surface area contributed by atoms with Crippen molar-refractivity contribution in [1.82, 2.24) is 4.98 Å². The number of thiocarbonyl (C=S) groups is 1. The van der Waals surface area contributed by atoms with Crippen molar-refractivity contribution in [3.63, 3.8) is 0 Å². The van der Waals surface area contributed by atoms with Gasteiger partial charge in [0.05, 0.1) is 12.2 Å². The van der Waals surface area contributed by atoms with Crippen molar-refractivity contribution in [3.8, 4) is 0 Å². The lowest BCUT2D eigenvalue weighted by Crippen LogP contribution is -2.34. The van der Waals surface area contributed by atoms with Gasteiger partial charge in [0, 0.05) is 12.2 Å². The third-order valence-electron chi connectivity index (χ3n) is 2.99. The predicted molar refractivity (Wildman–Crippen MR) is 88.7 cm³/mol. The number of nitrogens with zero attached hydrogens (tertiary/aromatic N) is 2. The first kappa shape index (κ1) is 17.4. The van der Waals surface area contributed by atoms with E-state index in [1.807, 2.05) is 31.7 Å². The van der Waals surface area contributed by atoms with E-state index >= 15 is 0 Å². The van der Waals surface area contributed by atoms with Crippen LogP contribution in [0.4, 0.5) is 5.82 Å². The average molecular weight is 309 g/mol. The first-order chi connectivity index (χ1) is 9.90. The van der Waals surface area contributed by atoms with Crippen molar-refractivity contribution in [1.29, 1.82) is 0 Å². The van der Waals surface area contributed by atoms with Gasteiger partial charge in [-0.2, -0.15) is 0 Å². The second kappa shape index (κ2) is 7.93. The number of hydrogen-bond acceptors (Lipinski definition) is 5. The van der Waals surface area contributed by atoms with Gasteiger partial charge in [-0.3, -0.25) is 4.79 Å². The minimum Gasteiger partial charge on any atom is -0.465 e. The maximum atomic E-state index is 11.8. The normalized spacial score (nSPS) is 10.3. The lowest BCUT2D eigenvalue weighted by Gasteiger charge is -2.25. The van der Waals surface area contributed by atoms with Crippen molar-refractivity contribution >= 4 is 29.0 Å². The number of rotatable bonds is 7. The largest absolute Gasteiger partial charge is 0.465 e. The standard InChI is InChI=1S/C15H23N3O2S/c1-5-7-18(9-12(19)20-6-2)15-13(14(16)21)10(3)8-11(4)17-15/h8H,5-7,9H2,1-4H3,(H2,16,21). The second-order valence-electron chi connectivity index (χ2n) is 4.87. The average Bonchev–Trinajstić information content (AvgIpc) is 2.36. The molecule has 5 nitrogen and oxygen atoms in total. The van der Waals surface area contributed by atoms with Crippen LogP contribution < -0.4 is 10.6 Å². The molecule has 0 spiro atoms. The summed E-state index contributed by atoms with van der Waals surface area (Å²) in [6, 6.07) is 1.94. The van der Waals surface area contributed by atoms with Crippen molar-refractivity contribution in [2.75, 3.05) is 24.6 Å². The van der Waals surface area contributed by atoms with Gasteiger partial charge in [0.25, 0.3) is 0 Å². The fourth-order valence-corrected chi connectivity index (χ4v) is 2.49. The van der Waals surface area contributed by atoms with Gasteiger partial charge in [0.15, 0.2) is 0 Å². The molecule has 0 atom stereocenters. The number of carbonyl (C=O) groups is 1. The zero-order valence-electron chi connectivity index (χ0n) is 13.1. The van der Waals surface area contributed by atoms with Crippen LogP contribution in [0.25, 0.3) is 0 Å². The number of pyridine rings is 1. The molecule has 1 aromatic rings. The molecule has 0 bridgehead atoms. The quantitative estimate of drug-likeness (QED) is 0.614. The number of ether oxygens (including phenoxy) is 1. The van der Waals surface area contributed by atoms with E-state index in [1.54, 1.807) is 6.92 Å². The SMILES string of the molecule is CCCN(CC(=O)OCC)c1nc(C)cc(C)c1C(N)=S. The molecule has 0 radical (unpaired) electrons. The maximum Gasteiger partial charge on any atom is 0.325 e. The highest BCUT2D eigenvalue weighted by atomic mass is 32.1. The Bertz CT molecular complexity index is 532. The summed E-state index contributed by atoms with van der Waals surface area (Å²) in [7, 11) is 0. The second-order valence-corrected chi connectivity index (χ2v) is 5.31. The van der Waals surface area contributed by atoms with Gasteiger partial charge < -0.3 is 15.4 Å². The number of esters is 1. The lowest BCUT2D eigenvalue weighted by atomic mass is 10.1. The lowest BCUT2D eigenvalue weighted by molar-refractivity contribution is -0.141. The van der Waals surface area contributed by atoms with Crippen molar-refractivity contribution in [2.24, 2.45) is 5.73 Å². The third kappa shape index (κ3) is 4.67. The van der Waals surface area contributed by atoms with Gasteiger partial charge in [-0.15, -0.1) is 0 Å². The fraction of sp³-hybridized carbons (Fsp3) is 0.533. The summed E-state index contributed by atoms with van der Waals surface area (Å²) in [4.78, 5) is 18.5. The summed E-state index contributed by atoms with van der Waals surface area (Å²) in [6.07, 6.45) is 0.880. The number of hydrogen-bond donors (Lipinski definition) is 1. The first-order valence-corrected chi connectivity index (χ1v) is 7.50. The van der Waals surface area contributed by atoms with E-state index in [0.29, 0.717) is 24.0 Å². The molecule has 0 aliphatic heterocycles. The van der Waals surface area contributed by atoms with E-state index in [9.17, 15) is 4.79 Å². The van der Waals surface area contributed by atoms with Gasteiger partial charge in [-0.1, -0.05) is 19.1 Å². The molecule has 2 N–H and O–H groups in total. The first-order valence-electron chi connectivity index (χ1n) is 7.09. The highest BCUT2D eigenvalue weighted by Gasteiger charge is 2.20. The summed E-state index contributed by atoms with van der Waals surface area (Å²) in [5.74, 6) is 0.385. The van der Waals surface area contributed by atoms with Crippen LogP contribution in [0.15, 0.2) is 6.07 Å². The van der Waals surface area contributed by atoms with E-state index in [0.717, 1.165) is 23.2 Å². The van der Waals surface area contributed by atoms with Gasteiger partial charge in [0.2, 0.25) is 0 Å². The molecule has 0 amide bonds.